The van der Waals surface area contributed by atoms with Gasteiger partial charge in [0, 0.05) is 33.3 Å². The molecule has 0 amide bonds. The van der Waals surface area contributed by atoms with Gasteiger partial charge >= 0.3 is 0 Å². The smallest absolute Gasteiger partial charge is 0.248 e. The lowest BCUT2D eigenvalue weighted by Crippen LogP contribution is -2.00. The van der Waals surface area contributed by atoms with Crippen molar-refractivity contribution in [3.8, 4) is 23.3 Å². The fourth-order valence-electron chi connectivity index (χ4n) is 3.31. The summed E-state index contributed by atoms with van der Waals surface area (Å²) in [5.74, 6) is 1.05. The third-order valence-corrected chi connectivity index (χ3v) is 5.87. The van der Waals surface area contributed by atoms with Gasteiger partial charge in [0.25, 0.3) is 0 Å². The molecule has 0 bridgehead atoms. The zero-order valence-electron chi connectivity index (χ0n) is 16.8. The minimum Gasteiger partial charge on any atom is -0.337 e. The van der Waals surface area contributed by atoms with Gasteiger partial charge in [-0.2, -0.15) is 25.7 Å². The molecule has 0 saturated carbocycles. The summed E-state index contributed by atoms with van der Waals surface area (Å²) in [6.45, 7) is 2.13. The minimum atomic E-state index is 0.362. The van der Waals surface area contributed by atoms with Crippen LogP contribution in [0.25, 0.3) is 16.6 Å². The lowest BCUT2D eigenvalue weighted by atomic mass is 10.1. The van der Waals surface area contributed by atoms with E-state index in [1.807, 2.05) is 36.7 Å². The van der Waals surface area contributed by atoms with E-state index in [9.17, 15) is 10.5 Å². The van der Waals surface area contributed by atoms with Gasteiger partial charge < -0.3 is 4.52 Å². The number of pyridine rings is 1. The van der Waals surface area contributed by atoms with E-state index in [2.05, 4.69) is 32.5 Å². The number of benzene rings is 1. The molecule has 0 atom stereocenters. The number of fused-ring (bicyclic) bond motifs is 1. The molecule has 0 aliphatic heterocycles. The molecular formula is C22H14N8OS. The second-order valence-electron chi connectivity index (χ2n) is 6.93. The van der Waals surface area contributed by atoms with Crippen molar-refractivity contribution in [2.45, 2.75) is 23.3 Å². The summed E-state index contributed by atoms with van der Waals surface area (Å²) in [7, 11) is 0. The first-order valence-corrected chi connectivity index (χ1v) is 10.4. The van der Waals surface area contributed by atoms with Gasteiger partial charge in [0.15, 0.2) is 5.82 Å². The standard InChI is InChI=1S/C22H14N8OS/c1-14-27-21(31-28-14)13-29-11-18(10-25-29)16-6-20(22-17(8-24)9-26-30(22)12-16)32-19-5-3-2-4-15(19)7-23/h2-6,9-12H,13H2,1H3. The highest BCUT2D eigenvalue weighted by atomic mass is 32.2. The average Bonchev–Trinajstić information content (AvgIpc) is 3.54. The highest BCUT2D eigenvalue weighted by Crippen LogP contribution is 2.37. The Labute approximate surface area is 186 Å². The van der Waals surface area contributed by atoms with Gasteiger partial charge in [0.05, 0.1) is 29.0 Å². The molecule has 0 aliphatic carbocycles. The molecule has 4 aromatic heterocycles. The molecule has 5 rings (SSSR count). The van der Waals surface area contributed by atoms with Crippen LogP contribution in [0.3, 0.4) is 0 Å². The van der Waals surface area contributed by atoms with Gasteiger partial charge in [-0.3, -0.25) is 4.68 Å². The number of hydrogen-bond acceptors (Lipinski definition) is 8. The number of nitriles is 2. The summed E-state index contributed by atoms with van der Waals surface area (Å²) >= 11 is 1.43. The van der Waals surface area contributed by atoms with Gasteiger partial charge in [-0.15, -0.1) is 0 Å². The Balaban J connectivity index is 1.57. The number of nitrogens with zero attached hydrogens (tertiary/aromatic N) is 8. The number of aromatic nitrogens is 6. The van der Waals surface area contributed by atoms with Crippen LogP contribution < -0.4 is 0 Å². The average molecular weight is 438 g/mol. The minimum absolute atomic E-state index is 0.362. The second kappa shape index (κ2) is 8.02. The van der Waals surface area contributed by atoms with Crippen molar-refractivity contribution in [2.24, 2.45) is 0 Å². The molecule has 9 nitrogen and oxygen atoms in total. The lowest BCUT2D eigenvalue weighted by Gasteiger charge is -2.09. The maximum Gasteiger partial charge on any atom is 0.248 e. The molecule has 0 fully saturated rings. The Kier molecular flexibility index (Phi) is 4.90. The molecule has 0 radical (unpaired) electrons. The maximum atomic E-state index is 9.55. The van der Waals surface area contributed by atoms with E-state index < -0.39 is 0 Å². The summed E-state index contributed by atoms with van der Waals surface area (Å²) in [5.41, 5.74) is 3.47. The lowest BCUT2D eigenvalue weighted by molar-refractivity contribution is 0.362. The SMILES string of the molecule is Cc1noc(Cn2cc(-c3cc(Sc4ccccc4C#N)c4c(C#N)cnn4c3)cn2)n1. The van der Waals surface area contributed by atoms with Crippen molar-refractivity contribution in [1.82, 2.24) is 29.5 Å². The van der Waals surface area contributed by atoms with Crippen LogP contribution >= 0.6 is 11.8 Å². The molecule has 4 heterocycles. The summed E-state index contributed by atoms with van der Waals surface area (Å²) in [5, 5.41) is 31.6. The normalized spacial score (nSPS) is 10.8. The second-order valence-corrected chi connectivity index (χ2v) is 8.01. The van der Waals surface area contributed by atoms with E-state index in [1.165, 1.54) is 11.8 Å². The monoisotopic (exact) mass is 438 g/mol. The van der Waals surface area contributed by atoms with Gasteiger partial charge in [-0.25, -0.2) is 4.52 Å². The molecule has 0 aliphatic rings. The van der Waals surface area contributed by atoms with Crippen LogP contribution in [-0.2, 0) is 6.54 Å². The van der Waals surface area contributed by atoms with E-state index in [0.29, 0.717) is 34.9 Å². The Morgan fingerprint density at radius 1 is 1.00 bits per heavy atom. The first kappa shape index (κ1) is 19.5. The van der Waals surface area contributed by atoms with E-state index in [4.69, 9.17) is 4.52 Å². The Morgan fingerprint density at radius 2 is 1.84 bits per heavy atom. The van der Waals surface area contributed by atoms with Crippen LogP contribution in [-0.4, -0.2) is 29.5 Å². The summed E-state index contributed by atoms with van der Waals surface area (Å²) in [4.78, 5) is 5.83. The van der Waals surface area contributed by atoms with Crippen LogP contribution in [0, 0.1) is 29.6 Å². The zero-order valence-corrected chi connectivity index (χ0v) is 17.6. The van der Waals surface area contributed by atoms with Crippen LogP contribution in [0.4, 0.5) is 0 Å². The first-order chi connectivity index (χ1) is 15.6. The summed E-state index contributed by atoms with van der Waals surface area (Å²) in [6, 6.07) is 13.8. The number of hydrogen-bond donors (Lipinski definition) is 0. The Morgan fingerprint density at radius 3 is 2.62 bits per heavy atom. The predicted octanol–water partition coefficient (Wildman–Crippen LogP) is 3.83. The van der Waals surface area contributed by atoms with Crippen molar-refractivity contribution in [2.75, 3.05) is 0 Å². The zero-order chi connectivity index (χ0) is 22.1. The molecule has 10 heteroatoms. The predicted molar refractivity (Wildman–Crippen MR) is 115 cm³/mol. The van der Waals surface area contributed by atoms with Gasteiger partial charge in [-0.05, 0) is 25.1 Å². The van der Waals surface area contributed by atoms with E-state index in [-0.39, 0.29) is 0 Å². The molecule has 154 valence electrons. The van der Waals surface area contributed by atoms with E-state index >= 15 is 0 Å². The number of aryl methyl sites for hydroxylation is 1. The van der Waals surface area contributed by atoms with E-state index in [0.717, 1.165) is 20.9 Å². The Bertz CT molecular complexity index is 1530. The highest BCUT2D eigenvalue weighted by molar-refractivity contribution is 7.99. The molecule has 32 heavy (non-hydrogen) atoms. The highest BCUT2D eigenvalue weighted by Gasteiger charge is 2.16. The van der Waals surface area contributed by atoms with Crippen molar-refractivity contribution in [3.63, 3.8) is 0 Å². The van der Waals surface area contributed by atoms with Crippen LogP contribution in [0.2, 0.25) is 0 Å². The molecule has 0 spiro atoms. The quantitative estimate of drug-likeness (QED) is 0.406. The first-order valence-electron chi connectivity index (χ1n) is 9.55. The number of rotatable bonds is 5. The molecule has 0 N–H and O–H groups in total. The third-order valence-electron chi connectivity index (χ3n) is 4.76. The van der Waals surface area contributed by atoms with Crippen molar-refractivity contribution >= 4 is 17.3 Å². The molecule has 0 saturated heterocycles. The van der Waals surface area contributed by atoms with Crippen LogP contribution in [0.1, 0.15) is 22.8 Å². The van der Waals surface area contributed by atoms with Crippen molar-refractivity contribution in [1.29, 1.82) is 10.5 Å². The van der Waals surface area contributed by atoms with Gasteiger partial charge in [0.1, 0.15) is 18.7 Å². The topological polar surface area (TPSA) is 122 Å². The molecule has 1 aromatic carbocycles. The fourth-order valence-corrected chi connectivity index (χ4v) is 4.40. The van der Waals surface area contributed by atoms with Crippen molar-refractivity contribution in [3.05, 3.63) is 78.0 Å². The molecule has 5 aromatic rings. The fraction of sp³-hybridized carbons (Fsp3) is 0.0909. The molecular weight excluding hydrogens is 424 g/mol. The summed E-state index contributed by atoms with van der Waals surface area (Å²) < 4.78 is 8.57. The van der Waals surface area contributed by atoms with Crippen LogP contribution in [0.5, 0.6) is 0 Å². The Hall–Kier alpha value is -4.41. The molecule has 0 unspecified atom stereocenters. The largest absolute Gasteiger partial charge is 0.337 e. The van der Waals surface area contributed by atoms with Crippen molar-refractivity contribution < 1.29 is 4.52 Å². The summed E-state index contributed by atoms with van der Waals surface area (Å²) in [6.07, 6.45) is 7.03. The van der Waals surface area contributed by atoms with Crippen LogP contribution in [0.15, 0.2) is 69.4 Å². The van der Waals surface area contributed by atoms with E-state index in [1.54, 1.807) is 34.6 Å². The third kappa shape index (κ3) is 3.60. The maximum absolute atomic E-state index is 9.55. The van der Waals surface area contributed by atoms with Gasteiger partial charge in [0.2, 0.25) is 5.89 Å². The van der Waals surface area contributed by atoms with Gasteiger partial charge in [-0.1, -0.05) is 29.1 Å².